The molecular formula is C12H15Cl2NO2S. The highest BCUT2D eigenvalue weighted by atomic mass is 35.5. The van der Waals surface area contributed by atoms with Gasteiger partial charge in [-0.1, -0.05) is 23.2 Å². The third-order valence-electron chi connectivity index (χ3n) is 2.48. The minimum Gasteiger partial charge on any atom is -0.480 e. The number of aliphatic carboxylic acids is 1. The lowest BCUT2D eigenvalue weighted by Crippen LogP contribution is -2.44. The monoisotopic (exact) mass is 307 g/mol. The van der Waals surface area contributed by atoms with Crippen molar-refractivity contribution in [2.24, 2.45) is 5.73 Å². The standard InChI is InChI=1S/C12H15Cl2NO2S/c1-12(15,11(16)17)5-2-6-18-10-7-8(13)3-4-9(10)14/h3-4,7H,2,5-6,15H2,1H3,(H,16,17). The third-order valence-corrected chi connectivity index (χ3v) is 4.30. The zero-order valence-corrected chi connectivity index (χ0v) is 12.3. The van der Waals surface area contributed by atoms with Crippen LogP contribution >= 0.6 is 35.0 Å². The number of hydrogen-bond acceptors (Lipinski definition) is 3. The molecule has 1 atom stereocenters. The van der Waals surface area contributed by atoms with Crippen LogP contribution in [0.3, 0.4) is 0 Å². The van der Waals surface area contributed by atoms with Crippen LogP contribution in [0, 0.1) is 0 Å². The lowest BCUT2D eigenvalue weighted by atomic mass is 9.98. The summed E-state index contributed by atoms with van der Waals surface area (Å²) in [5, 5.41) is 10.2. The summed E-state index contributed by atoms with van der Waals surface area (Å²) < 4.78 is 0. The molecule has 0 aliphatic rings. The summed E-state index contributed by atoms with van der Waals surface area (Å²) in [5.74, 6) is -0.228. The molecule has 3 N–H and O–H groups in total. The Morgan fingerprint density at radius 3 is 2.78 bits per heavy atom. The molecule has 0 bridgehead atoms. The Balaban J connectivity index is 2.43. The average Bonchev–Trinajstić information content (AvgIpc) is 2.28. The van der Waals surface area contributed by atoms with E-state index in [1.54, 1.807) is 30.0 Å². The maximum Gasteiger partial charge on any atom is 0.323 e. The fourth-order valence-electron chi connectivity index (χ4n) is 1.32. The van der Waals surface area contributed by atoms with Crippen LogP contribution in [-0.4, -0.2) is 22.4 Å². The number of carboxylic acids is 1. The van der Waals surface area contributed by atoms with Crippen LogP contribution < -0.4 is 5.73 Å². The highest BCUT2D eigenvalue weighted by Gasteiger charge is 2.26. The number of hydrogen-bond donors (Lipinski definition) is 2. The van der Waals surface area contributed by atoms with Gasteiger partial charge < -0.3 is 10.8 Å². The second-order valence-electron chi connectivity index (χ2n) is 4.25. The van der Waals surface area contributed by atoms with Gasteiger partial charge in [0.1, 0.15) is 5.54 Å². The molecule has 0 fully saturated rings. The van der Waals surface area contributed by atoms with Gasteiger partial charge in [-0.25, -0.2) is 0 Å². The van der Waals surface area contributed by atoms with Gasteiger partial charge in [0.25, 0.3) is 0 Å². The van der Waals surface area contributed by atoms with E-state index in [-0.39, 0.29) is 0 Å². The molecule has 1 aromatic rings. The largest absolute Gasteiger partial charge is 0.480 e. The molecule has 0 aromatic heterocycles. The van der Waals surface area contributed by atoms with E-state index in [4.69, 9.17) is 34.0 Å². The SMILES string of the molecule is CC(N)(CCCSc1cc(Cl)ccc1Cl)C(=O)O. The molecule has 0 radical (unpaired) electrons. The number of halogens is 2. The van der Waals surface area contributed by atoms with E-state index < -0.39 is 11.5 Å². The number of rotatable bonds is 6. The van der Waals surface area contributed by atoms with Gasteiger partial charge in [0.2, 0.25) is 0 Å². The average molecular weight is 308 g/mol. The van der Waals surface area contributed by atoms with Crippen molar-refractivity contribution in [1.82, 2.24) is 0 Å². The smallest absolute Gasteiger partial charge is 0.323 e. The molecule has 0 heterocycles. The number of nitrogens with two attached hydrogens (primary N) is 1. The van der Waals surface area contributed by atoms with E-state index >= 15 is 0 Å². The van der Waals surface area contributed by atoms with Crippen molar-refractivity contribution in [1.29, 1.82) is 0 Å². The van der Waals surface area contributed by atoms with Crippen LogP contribution in [0.5, 0.6) is 0 Å². The van der Waals surface area contributed by atoms with Crippen LogP contribution in [0.4, 0.5) is 0 Å². The lowest BCUT2D eigenvalue weighted by Gasteiger charge is -2.18. The van der Waals surface area contributed by atoms with Gasteiger partial charge in [-0.2, -0.15) is 0 Å². The Morgan fingerprint density at radius 2 is 2.17 bits per heavy atom. The molecule has 1 unspecified atom stereocenters. The maximum atomic E-state index is 10.8. The van der Waals surface area contributed by atoms with Crippen LogP contribution in [0.1, 0.15) is 19.8 Å². The molecule has 0 saturated carbocycles. The van der Waals surface area contributed by atoms with Crippen molar-refractivity contribution >= 4 is 40.9 Å². The molecule has 3 nitrogen and oxygen atoms in total. The molecule has 0 saturated heterocycles. The summed E-state index contributed by atoms with van der Waals surface area (Å²) >= 11 is 13.4. The molecule has 0 amide bonds. The highest BCUT2D eigenvalue weighted by Crippen LogP contribution is 2.30. The van der Waals surface area contributed by atoms with E-state index in [2.05, 4.69) is 0 Å². The van der Waals surface area contributed by atoms with Gasteiger partial charge in [-0.05, 0) is 43.7 Å². The van der Waals surface area contributed by atoms with Crippen molar-refractivity contribution in [2.45, 2.75) is 30.2 Å². The van der Waals surface area contributed by atoms with E-state index in [1.807, 2.05) is 0 Å². The first-order valence-electron chi connectivity index (χ1n) is 5.43. The van der Waals surface area contributed by atoms with E-state index in [1.165, 1.54) is 6.92 Å². The van der Waals surface area contributed by atoms with E-state index in [0.717, 1.165) is 10.6 Å². The van der Waals surface area contributed by atoms with E-state index in [0.29, 0.717) is 22.9 Å². The van der Waals surface area contributed by atoms with Crippen molar-refractivity contribution in [3.63, 3.8) is 0 Å². The summed E-state index contributed by atoms with van der Waals surface area (Å²) in [6, 6.07) is 5.28. The van der Waals surface area contributed by atoms with Gasteiger partial charge in [0, 0.05) is 9.92 Å². The number of carbonyl (C=O) groups is 1. The number of carboxylic acid groups (broad SMARTS) is 1. The zero-order valence-electron chi connectivity index (χ0n) is 9.95. The fraction of sp³-hybridized carbons (Fsp3) is 0.417. The second-order valence-corrected chi connectivity index (χ2v) is 6.23. The van der Waals surface area contributed by atoms with Crippen LogP contribution in [-0.2, 0) is 4.79 Å². The van der Waals surface area contributed by atoms with Crippen molar-refractivity contribution in [3.8, 4) is 0 Å². The van der Waals surface area contributed by atoms with Gasteiger partial charge in [-0.15, -0.1) is 11.8 Å². The molecular weight excluding hydrogens is 293 g/mol. The van der Waals surface area contributed by atoms with Gasteiger partial charge >= 0.3 is 5.97 Å². The van der Waals surface area contributed by atoms with Crippen LogP contribution in [0.15, 0.2) is 23.1 Å². The lowest BCUT2D eigenvalue weighted by molar-refractivity contribution is -0.142. The molecule has 0 aliphatic heterocycles. The van der Waals surface area contributed by atoms with Crippen LogP contribution in [0.25, 0.3) is 0 Å². The predicted molar refractivity (Wildman–Crippen MR) is 76.6 cm³/mol. The topological polar surface area (TPSA) is 63.3 Å². The van der Waals surface area contributed by atoms with E-state index in [9.17, 15) is 4.79 Å². The molecule has 100 valence electrons. The Hall–Kier alpha value is -0.420. The molecule has 1 aromatic carbocycles. The zero-order chi connectivity index (χ0) is 13.8. The van der Waals surface area contributed by atoms with Gasteiger partial charge in [0.15, 0.2) is 0 Å². The van der Waals surface area contributed by atoms with Crippen molar-refractivity contribution < 1.29 is 9.90 Å². The summed E-state index contributed by atoms with van der Waals surface area (Å²) in [4.78, 5) is 11.7. The Bertz CT molecular complexity index is 438. The summed E-state index contributed by atoms with van der Waals surface area (Å²) in [7, 11) is 0. The first-order chi connectivity index (χ1) is 8.33. The highest BCUT2D eigenvalue weighted by molar-refractivity contribution is 7.99. The van der Waals surface area contributed by atoms with Gasteiger partial charge in [0.05, 0.1) is 5.02 Å². The number of benzene rings is 1. The second kappa shape index (κ2) is 6.66. The number of thioether (sulfide) groups is 1. The summed E-state index contributed by atoms with van der Waals surface area (Å²) in [6.45, 7) is 1.52. The van der Waals surface area contributed by atoms with Crippen LogP contribution in [0.2, 0.25) is 10.0 Å². The Labute approximate surface area is 121 Å². The fourth-order valence-corrected chi connectivity index (χ4v) is 2.76. The molecule has 18 heavy (non-hydrogen) atoms. The Morgan fingerprint density at radius 1 is 1.50 bits per heavy atom. The predicted octanol–water partition coefficient (Wildman–Crippen LogP) is 3.67. The third kappa shape index (κ3) is 4.69. The first-order valence-corrected chi connectivity index (χ1v) is 7.17. The quantitative estimate of drug-likeness (QED) is 0.622. The summed E-state index contributed by atoms with van der Waals surface area (Å²) in [6.07, 6.45) is 1.13. The molecule has 0 spiro atoms. The Kier molecular flexibility index (Phi) is 5.79. The van der Waals surface area contributed by atoms with Crippen molar-refractivity contribution in [3.05, 3.63) is 28.2 Å². The first kappa shape index (κ1) is 15.6. The molecule has 0 aliphatic carbocycles. The summed E-state index contributed by atoms with van der Waals surface area (Å²) in [5.41, 5.74) is 4.47. The minimum atomic E-state index is -1.17. The molecule has 1 rings (SSSR count). The maximum absolute atomic E-state index is 10.8. The van der Waals surface area contributed by atoms with Gasteiger partial charge in [-0.3, -0.25) is 4.79 Å². The molecule has 6 heteroatoms. The van der Waals surface area contributed by atoms with Crippen molar-refractivity contribution in [2.75, 3.05) is 5.75 Å². The minimum absolute atomic E-state index is 0.424. The normalized spacial score (nSPS) is 14.2.